The van der Waals surface area contributed by atoms with E-state index >= 15 is 0 Å². The fourth-order valence-corrected chi connectivity index (χ4v) is 2.33. The Kier molecular flexibility index (Phi) is 4.82. The summed E-state index contributed by atoms with van der Waals surface area (Å²) < 4.78 is 0.936. The number of hydrogen-bond acceptors (Lipinski definition) is 3. The average Bonchev–Trinajstić information content (AvgIpc) is 2.58. The summed E-state index contributed by atoms with van der Waals surface area (Å²) in [5.41, 5.74) is 3.13. The number of aliphatic imine (C=N–C) groups is 1. The zero-order valence-electron chi connectivity index (χ0n) is 10.2. The molecule has 0 bridgehead atoms. The number of carbonyl (C=O) groups is 1. The second-order valence-corrected chi connectivity index (χ2v) is 5.03. The minimum Gasteiger partial charge on any atom is -0.324 e. The summed E-state index contributed by atoms with van der Waals surface area (Å²) in [5.74, 6) is -0.116. The number of anilines is 1. The van der Waals surface area contributed by atoms with Gasteiger partial charge in [0.2, 0.25) is 5.91 Å². The Morgan fingerprint density at radius 2 is 2.05 bits per heavy atom. The summed E-state index contributed by atoms with van der Waals surface area (Å²) in [6, 6.07) is 11.3. The molecule has 1 aliphatic heterocycles. The minimum atomic E-state index is -0.116. The topological polar surface area (TPSA) is 54.4 Å². The van der Waals surface area contributed by atoms with Gasteiger partial charge in [-0.2, -0.15) is 0 Å². The Bertz CT molecular complexity index is 673. The van der Waals surface area contributed by atoms with Crippen LogP contribution in [-0.4, -0.2) is 23.1 Å². The van der Waals surface area contributed by atoms with Crippen molar-refractivity contribution in [3.05, 3.63) is 58.3 Å². The van der Waals surface area contributed by atoms with E-state index in [1.54, 1.807) is 6.20 Å². The van der Waals surface area contributed by atoms with E-state index in [9.17, 15) is 4.79 Å². The van der Waals surface area contributed by atoms with Crippen LogP contribution in [0, 0.1) is 0 Å². The van der Waals surface area contributed by atoms with Crippen molar-refractivity contribution < 1.29 is 25.2 Å². The standard InChI is InChI=1S/C14H10BrN3O.Pd/c15-9-4-5-11-10(7-9)14(17-8-13(19)18-11)12-3-1-2-6-16-12;/h1-7H,8H2,(H,18,19);/q;+2. The van der Waals surface area contributed by atoms with E-state index in [1.165, 1.54) is 0 Å². The third kappa shape index (κ3) is 3.04. The van der Waals surface area contributed by atoms with E-state index in [1.807, 2.05) is 36.4 Å². The predicted molar refractivity (Wildman–Crippen MR) is 77.5 cm³/mol. The number of hydrogen-bond donors (Lipinski definition) is 1. The second-order valence-electron chi connectivity index (χ2n) is 4.12. The first kappa shape index (κ1) is 15.0. The molecule has 1 N–H and O–H groups in total. The Hall–Kier alpha value is -1.35. The van der Waals surface area contributed by atoms with Crippen molar-refractivity contribution in [2.45, 2.75) is 0 Å². The van der Waals surface area contributed by atoms with Gasteiger partial charge in [-0.3, -0.25) is 14.8 Å². The van der Waals surface area contributed by atoms with Gasteiger partial charge in [-0.05, 0) is 30.3 Å². The van der Waals surface area contributed by atoms with Crippen LogP contribution in [0.1, 0.15) is 11.3 Å². The Balaban J connectivity index is 0.00000147. The third-order valence-corrected chi connectivity index (χ3v) is 3.29. The molecule has 0 aliphatic carbocycles. The van der Waals surface area contributed by atoms with Crippen molar-refractivity contribution >= 4 is 33.2 Å². The van der Waals surface area contributed by atoms with Crippen molar-refractivity contribution in [3.8, 4) is 0 Å². The molecule has 0 fully saturated rings. The Morgan fingerprint density at radius 1 is 1.20 bits per heavy atom. The number of nitrogens with zero attached hydrogens (tertiary/aromatic N) is 2. The summed E-state index contributed by atoms with van der Waals surface area (Å²) in [7, 11) is 0. The van der Waals surface area contributed by atoms with Crippen molar-refractivity contribution in [2.24, 2.45) is 4.99 Å². The SMILES string of the molecule is O=C1CN=C(c2ccccn2)c2cc(Br)ccc2N1.[Pd+2]. The van der Waals surface area contributed by atoms with Gasteiger partial charge >= 0.3 is 20.4 Å². The number of rotatable bonds is 1. The molecule has 1 aliphatic rings. The fraction of sp³-hybridized carbons (Fsp3) is 0.0714. The first-order chi connectivity index (χ1) is 9.24. The smallest absolute Gasteiger partial charge is 0.324 e. The Morgan fingerprint density at radius 3 is 2.80 bits per heavy atom. The van der Waals surface area contributed by atoms with Gasteiger partial charge in [0.15, 0.2) is 0 Å². The fourth-order valence-electron chi connectivity index (χ4n) is 1.97. The van der Waals surface area contributed by atoms with Gasteiger partial charge in [0.1, 0.15) is 6.54 Å². The van der Waals surface area contributed by atoms with Crippen LogP contribution >= 0.6 is 15.9 Å². The van der Waals surface area contributed by atoms with E-state index in [-0.39, 0.29) is 32.9 Å². The quantitative estimate of drug-likeness (QED) is 0.719. The zero-order valence-corrected chi connectivity index (χ0v) is 13.4. The van der Waals surface area contributed by atoms with Crippen LogP contribution in [-0.2, 0) is 25.2 Å². The number of benzene rings is 1. The van der Waals surface area contributed by atoms with Gasteiger partial charge in [-0.15, -0.1) is 0 Å². The maximum absolute atomic E-state index is 11.7. The maximum Gasteiger partial charge on any atom is 2.00 e. The summed E-state index contributed by atoms with van der Waals surface area (Å²) in [6.45, 7) is 0.109. The molecule has 1 aromatic carbocycles. The number of nitrogens with one attached hydrogen (secondary N) is 1. The Labute approximate surface area is 138 Å². The van der Waals surface area contributed by atoms with Crippen LogP contribution < -0.4 is 5.32 Å². The molecule has 0 atom stereocenters. The largest absolute Gasteiger partial charge is 2.00 e. The number of pyridine rings is 1. The molecule has 6 heteroatoms. The van der Waals surface area contributed by atoms with Gasteiger partial charge in [0, 0.05) is 16.2 Å². The van der Waals surface area contributed by atoms with Crippen LogP contribution in [0.4, 0.5) is 5.69 Å². The first-order valence-corrected chi connectivity index (χ1v) is 6.59. The predicted octanol–water partition coefficient (Wildman–Crippen LogP) is 2.63. The van der Waals surface area contributed by atoms with Gasteiger partial charge in [0.25, 0.3) is 0 Å². The molecule has 2 aromatic rings. The molecule has 0 radical (unpaired) electrons. The number of carbonyl (C=O) groups excluding carboxylic acids is 1. The molecular formula is C14H10BrN3OPd+2. The molecule has 2 heterocycles. The van der Waals surface area contributed by atoms with Gasteiger partial charge < -0.3 is 5.32 Å². The monoisotopic (exact) mass is 421 g/mol. The molecule has 0 saturated heterocycles. The normalized spacial score (nSPS) is 13.4. The van der Waals surface area contributed by atoms with Crippen LogP contribution in [0.2, 0.25) is 0 Å². The summed E-state index contributed by atoms with van der Waals surface area (Å²) in [4.78, 5) is 20.3. The van der Waals surface area contributed by atoms with E-state index in [2.05, 4.69) is 31.2 Å². The molecule has 0 spiro atoms. The van der Waals surface area contributed by atoms with Gasteiger partial charge in [-0.25, -0.2) is 0 Å². The number of fused-ring (bicyclic) bond motifs is 1. The van der Waals surface area contributed by atoms with E-state index in [0.717, 1.165) is 27.1 Å². The molecule has 20 heavy (non-hydrogen) atoms. The minimum absolute atomic E-state index is 0. The number of halogens is 1. The van der Waals surface area contributed by atoms with Gasteiger partial charge in [-0.1, -0.05) is 22.0 Å². The maximum atomic E-state index is 11.7. The number of benzodiazepines with no additional fused rings is 1. The second kappa shape index (κ2) is 6.40. The van der Waals surface area contributed by atoms with E-state index in [4.69, 9.17) is 0 Å². The molecule has 0 unspecified atom stereocenters. The van der Waals surface area contributed by atoms with Crippen molar-refractivity contribution in [1.29, 1.82) is 0 Å². The number of amides is 1. The van der Waals surface area contributed by atoms with E-state index in [0.29, 0.717) is 0 Å². The third-order valence-electron chi connectivity index (χ3n) is 2.80. The molecule has 1 amide bonds. The van der Waals surface area contributed by atoms with Crippen LogP contribution in [0.15, 0.2) is 52.1 Å². The summed E-state index contributed by atoms with van der Waals surface area (Å²) in [5, 5.41) is 2.85. The van der Waals surface area contributed by atoms with Crippen LogP contribution in [0.25, 0.3) is 0 Å². The first-order valence-electron chi connectivity index (χ1n) is 5.80. The summed E-state index contributed by atoms with van der Waals surface area (Å²) >= 11 is 3.44. The molecule has 0 saturated carbocycles. The molecular weight excluding hydrogens is 412 g/mol. The van der Waals surface area contributed by atoms with Crippen molar-refractivity contribution in [1.82, 2.24) is 4.98 Å². The number of aromatic nitrogens is 1. The van der Waals surface area contributed by atoms with Crippen molar-refractivity contribution in [2.75, 3.05) is 11.9 Å². The average molecular weight is 423 g/mol. The molecule has 102 valence electrons. The molecule has 1 aromatic heterocycles. The van der Waals surface area contributed by atoms with Crippen LogP contribution in [0.5, 0.6) is 0 Å². The molecule has 4 nitrogen and oxygen atoms in total. The summed E-state index contributed by atoms with van der Waals surface area (Å²) in [6.07, 6.45) is 1.72. The van der Waals surface area contributed by atoms with Gasteiger partial charge in [0.05, 0.1) is 17.1 Å². The van der Waals surface area contributed by atoms with Crippen molar-refractivity contribution in [3.63, 3.8) is 0 Å². The zero-order chi connectivity index (χ0) is 13.2. The van der Waals surface area contributed by atoms with E-state index < -0.39 is 0 Å². The van der Waals surface area contributed by atoms with Crippen LogP contribution in [0.3, 0.4) is 0 Å². The molecule has 3 rings (SSSR count).